The van der Waals surface area contributed by atoms with Crippen molar-refractivity contribution in [2.45, 2.75) is 38.6 Å². The molecule has 15 heavy (non-hydrogen) atoms. The summed E-state index contributed by atoms with van der Waals surface area (Å²) in [7, 11) is 0. The minimum absolute atomic E-state index is 0.110. The van der Waals surface area contributed by atoms with Crippen LogP contribution in [0.4, 0.5) is 0 Å². The zero-order chi connectivity index (χ0) is 10.9. The van der Waals surface area contributed by atoms with E-state index in [9.17, 15) is 9.90 Å². The molecule has 0 radical (unpaired) electrons. The molecule has 1 aromatic rings. The van der Waals surface area contributed by atoms with Crippen LogP contribution in [0.15, 0.2) is 24.5 Å². The smallest absolute Gasteiger partial charge is 0.311 e. The number of aliphatic carboxylic acids is 1. The van der Waals surface area contributed by atoms with Crippen molar-refractivity contribution in [1.29, 1.82) is 0 Å². The van der Waals surface area contributed by atoms with E-state index in [1.165, 1.54) is 0 Å². The molecule has 0 spiro atoms. The number of carboxylic acid groups (broad SMARTS) is 1. The second kappa shape index (κ2) is 3.72. The summed E-state index contributed by atoms with van der Waals surface area (Å²) in [5.74, 6) is -0.666. The Balaban J connectivity index is 2.31. The third-order valence-electron chi connectivity index (χ3n) is 3.64. The molecule has 1 fully saturated rings. The topological polar surface area (TPSA) is 42.2 Å². The molecule has 2 atom stereocenters. The maximum atomic E-state index is 11.4. The molecule has 3 nitrogen and oxygen atoms in total. The second-order valence-corrected chi connectivity index (χ2v) is 4.61. The number of carboxylic acids is 1. The standard InChI is InChI=1S/C12H17NO2/c1-12(11(14)15)7-3-2-6-10(12)13-8-4-5-9-13/h4-5,8-10H,2-3,6-7H2,1H3,(H,14,15). The summed E-state index contributed by atoms with van der Waals surface area (Å²) in [6, 6.07) is 4.02. The molecule has 3 heteroatoms. The van der Waals surface area contributed by atoms with Crippen molar-refractivity contribution in [2.24, 2.45) is 5.41 Å². The van der Waals surface area contributed by atoms with Crippen LogP contribution in [0.3, 0.4) is 0 Å². The predicted molar refractivity (Wildman–Crippen MR) is 57.7 cm³/mol. The van der Waals surface area contributed by atoms with Crippen molar-refractivity contribution in [3.8, 4) is 0 Å². The first-order valence-corrected chi connectivity index (χ1v) is 5.50. The molecule has 1 aliphatic rings. The lowest BCUT2D eigenvalue weighted by atomic mass is 9.71. The molecule has 1 saturated carbocycles. The van der Waals surface area contributed by atoms with Crippen LogP contribution in [0, 0.1) is 5.41 Å². The lowest BCUT2D eigenvalue weighted by Gasteiger charge is -2.38. The number of hydrogen-bond acceptors (Lipinski definition) is 1. The first-order chi connectivity index (χ1) is 7.14. The van der Waals surface area contributed by atoms with Gasteiger partial charge in [0.1, 0.15) is 0 Å². The fourth-order valence-electron chi connectivity index (χ4n) is 2.60. The van der Waals surface area contributed by atoms with Crippen molar-refractivity contribution < 1.29 is 9.90 Å². The van der Waals surface area contributed by atoms with Gasteiger partial charge in [0.05, 0.1) is 5.41 Å². The molecular formula is C12H17NO2. The summed E-state index contributed by atoms with van der Waals surface area (Å²) in [6.45, 7) is 1.87. The quantitative estimate of drug-likeness (QED) is 0.810. The van der Waals surface area contributed by atoms with E-state index in [4.69, 9.17) is 0 Å². The predicted octanol–water partition coefficient (Wildman–Crippen LogP) is 2.69. The molecule has 1 aromatic heterocycles. The van der Waals surface area contributed by atoms with Gasteiger partial charge in [-0.15, -0.1) is 0 Å². The van der Waals surface area contributed by atoms with Gasteiger partial charge in [0, 0.05) is 18.4 Å². The number of hydrogen-bond donors (Lipinski definition) is 1. The summed E-state index contributed by atoms with van der Waals surface area (Å²) < 4.78 is 2.05. The molecule has 0 saturated heterocycles. The summed E-state index contributed by atoms with van der Waals surface area (Å²) in [4.78, 5) is 11.4. The molecule has 1 aliphatic carbocycles. The van der Waals surface area contributed by atoms with Crippen LogP contribution in [0.5, 0.6) is 0 Å². The molecule has 2 unspecified atom stereocenters. The minimum Gasteiger partial charge on any atom is -0.481 e. The molecule has 0 aromatic carbocycles. The zero-order valence-electron chi connectivity index (χ0n) is 9.02. The van der Waals surface area contributed by atoms with Crippen LogP contribution < -0.4 is 0 Å². The molecule has 1 N–H and O–H groups in total. The molecule has 82 valence electrons. The Bertz CT molecular complexity index is 345. The fraction of sp³-hybridized carbons (Fsp3) is 0.583. The minimum atomic E-state index is -0.666. The lowest BCUT2D eigenvalue weighted by molar-refractivity contribution is -0.152. The third-order valence-corrected chi connectivity index (χ3v) is 3.64. The van der Waals surface area contributed by atoms with Crippen LogP contribution in [0.25, 0.3) is 0 Å². The monoisotopic (exact) mass is 207 g/mol. The molecule has 1 heterocycles. The lowest BCUT2D eigenvalue weighted by Crippen LogP contribution is -2.39. The van der Waals surface area contributed by atoms with Crippen molar-refractivity contribution in [3.05, 3.63) is 24.5 Å². The number of nitrogens with zero attached hydrogens (tertiary/aromatic N) is 1. The van der Waals surface area contributed by atoms with E-state index < -0.39 is 11.4 Å². The Morgan fingerprint density at radius 3 is 2.67 bits per heavy atom. The van der Waals surface area contributed by atoms with Gasteiger partial charge in [-0.25, -0.2) is 0 Å². The first kappa shape index (κ1) is 10.3. The summed E-state index contributed by atoms with van der Waals surface area (Å²) in [5.41, 5.74) is -0.600. The van der Waals surface area contributed by atoms with Crippen LogP contribution >= 0.6 is 0 Å². The maximum absolute atomic E-state index is 11.4. The van der Waals surface area contributed by atoms with E-state index in [-0.39, 0.29) is 6.04 Å². The van der Waals surface area contributed by atoms with Crippen molar-refractivity contribution in [2.75, 3.05) is 0 Å². The summed E-state index contributed by atoms with van der Waals surface area (Å²) in [5, 5.41) is 9.35. The number of aromatic nitrogens is 1. The normalized spacial score (nSPS) is 31.4. The van der Waals surface area contributed by atoms with Crippen molar-refractivity contribution in [3.63, 3.8) is 0 Å². The van der Waals surface area contributed by atoms with Crippen molar-refractivity contribution in [1.82, 2.24) is 4.57 Å². The average Bonchev–Trinajstić information content (AvgIpc) is 2.71. The molecule has 0 amide bonds. The van der Waals surface area contributed by atoms with Gasteiger partial charge in [-0.2, -0.15) is 0 Å². The second-order valence-electron chi connectivity index (χ2n) is 4.61. The van der Waals surface area contributed by atoms with Gasteiger partial charge in [0.25, 0.3) is 0 Å². The van der Waals surface area contributed by atoms with Gasteiger partial charge in [0.15, 0.2) is 0 Å². The molecule has 0 bridgehead atoms. The SMILES string of the molecule is CC1(C(=O)O)CCCCC1n1cccc1. The Morgan fingerprint density at radius 2 is 2.07 bits per heavy atom. The Labute approximate surface area is 89.7 Å². The van der Waals surface area contributed by atoms with Crippen molar-refractivity contribution >= 4 is 5.97 Å². The average molecular weight is 207 g/mol. The van der Waals surface area contributed by atoms with Gasteiger partial charge in [0.2, 0.25) is 0 Å². The van der Waals surface area contributed by atoms with E-state index in [0.29, 0.717) is 0 Å². The van der Waals surface area contributed by atoms with Crippen LogP contribution in [0.1, 0.15) is 38.6 Å². The summed E-state index contributed by atoms with van der Waals surface area (Å²) in [6.07, 6.45) is 7.85. The van der Waals surface area contributed by atoms with Crippen LogP contribution in [-0.4, -0.2) is 15.6 Å². The molecular weight excluding hydrogens is 190 g/mol. The van der Waals surface area contributed by atoms with Crippen LogP contribution in [0.2, 0.25) is 0 Å². The number of rotatable bonds is 2. The van der Waals surface area contributed by atoms with E-state index in [0.717, 1.165) is 25.7 Å². The Morgan fingerprint density at radius 1 is 1.40 bits per heavy atom. The third kappa shape index (κ3) is 1.66. The largest absolute Gasteiger partial charge is 0.481 e. The van der Waals surface area contributed by atoms with Crippen LogP contribution in [-0.2, 0) is 4.79 Å². The molecule has 2 rings (SSSR count). The first-order valence-electron chi connectivity index (χ1n) is 5.50. The van der Waals surface area contributed by atoms with E-state index in [1.54, 1.807) is 0 Å². The zero-order valence-corrected chi connectivity index (χ0v) is 9.02. The molecule has 0 aliphatic heterocycles. The highest BCUT2D eigenvalue weighted by Crippen LogP contribution is 2.44. The van der Waals surface area contributed by atoms with Gasteiger partial charge in [-0.1, -0.05) is 12.8 Å². The van der Waals surface area contributed by atoms with Gasteiger partial charge in [-0.05, 0) is 31.9 Å². The Hall–Kier alpha value is -1.25. The van der Waals surface area contributed by atoms with E-state index in [1.807, 2.05) is 36.0 Å². The van der Waals surface area contributed by atoms with E-state index in [2.05, 4.69) is 0 Å². The highest BCUT2D eigenvalue weighted by Gasteiger charge is 2.43. The Kier molecular flexibility index (Phi) is 2.55. The number of carbonyl (C=O) groups is 1. The van der Waals surface area contributed by atoms with E-state index >= 15 is 0 Å². The highest BCUT2D eigenvalue weighted by molar-refractivity contribution is 5.75. The fourth-order valence-corrected chi connectivity index (χ4v) is 2.60. The van der Waals surface area contributed by atoms with Gasteiger partial charge >= 0.3 is 5.97 Å². The maximum Gasteiger partial charge on any atom is 0.311 e. The van der Waals surface area contributed by atoms with Gasteiger partial charge in [-0.3, -0.25) is 4.79 Å². The summed E-state index contributed by atoms with van der Waals surface area (Å²) >= 11 is 0. The van der Waals surface area contributed by atoms with Gasteiger partial charge < -0.3 is 9.67 Å². The highest BCUT2D eigenvalue weighted by atomic mass is 16.4.